The van der Waals surface area contributed by atoms with Gasteiger partial charge in [-0.2, -0.15) is 11.3 Å². The number of hydrogen-bond donors (Lipinski definition) is 1. The van der Waals surface area contributed by atoms with Crippen LogP contribution in [0.3, 0.4) is 0 Å². The van der Waals surface area contributed by atoms with Crippen molar-refractivity contribution >= 4 is 22.1 Å². The molecule has 0 fully saturated rings. The van der Waals surface area contributed by atoms with Gasteiger partial charge in [0.25, 0.3) is 0 Å². The minimum absolute atomic E-state index is 0.269. The van der Waals surface area contributed by atoms with Gasteiger partial charge in [-0.3, -0.25) is 4.98 Å². The lowest BCUT2D eigenvalue weighted by Crippen LogP contribution is -2.25. The average Bonchev–Trinajstić information content (AvgIpc) is 3.04. The third-order valence-corrected chi connectivity index (χ3v) is 4.43. The Morgan fingerprint density at radius 3 is 2.90 bits per heavy atom. The maximum Gasteiger partial charge on any atom is 0.0654 e. The Kier molecular flexibility index (Phi) is 4.63. The second-order valence-electron chi connectivity index (χ2n) is 5.26. The highest BCUT2D eigenvalue weighted by Gasteiger charge is 2.16. The first-order valence-electron chi connectivity index (χ1n) is 7.46. The lowest BCUT2D eigenvalue weighted by Gasteiger charge is -2.19. The monoisotopic (exact) mass is 296 g/mol. The van der Waals surface area contributed by atoms with Crippen LogP contribution in [-0.4, -0.2) is 11.5 Å². The Morgan fingerprint density at radius 1 is 1.19 bits per heavy atom. The van der Waals surface area contributed by atoms with Gasteiger partial charge in [-0.05, 0) is 53.2 Å². The summed E-state index contributed by atoms with van der Waals surface area (Å²) in [4.78, 5) is 4.68. The molecule has 21 heavy (non-hydrogen) atoms. The minimum atomic E-state index is 0.269. The smallest absolute Gasteiger partial charge is 0.0654 e. The summed E-state index contributed by atoms with van der Waals surface area (Å²) in [5.74, 6) is 0. The minimum Gasteiger partial charge on any atom is -0.308 e. The Morgan fingerprint density at radius 2 is 2.10 bits per heavy atom. The van der Waals surface area contributed by atoms with Gasteiger partial charge in [-0.1, -0.05) is 31.2 Å². The largest absolute Gasteiger partial charge is 0.308 e. The van der Waals surface area contributed by atoms with Crippen molar-refractivity contribution < 1.29 is 0 Å². The van der Waals surface area contributed by atoms with Crippen LogP contribution >= 0.6 is 11.3 Å². The number of aromatic nitrogens is 1. The molecule has 3 aromatic rings. The van der Waals surface area contributed by atoms with Crippen LogP contribution in [0.4, 0.5) is 0 Å². The van der Waals surface area contributed by atoms with Crippen LogP contribution in [0.5, 0.6) is 0 Å². The molecule has 0 aliphatic rings. The van der Waals surface area contributed by atoms with E-state index < -0.39 is 0 Å². The molecule has 1 aromatic carbocycles. The Hall–Kier alpha value is -1.71. The van der Waals surface area contributed by atoms with E-state index >= 15 is 0 Å². The maximum atomic E-state index is 4.68. The van der Waals surface area contributed by atoms with E-state index in [0.29, 0.717) is 0 Å². The molecular formula is C18H20N2S. The van der Waals surface area contributed by atoms with Crippen molar-refractivity contribution in [1.29, 1.82) is 0 Å². The molecule has 0 amide bonds. The van der Waals surface area contributed by atoms with Gasteiger partial charge in [0, 0.05) is 11.6 Å². The average molecular weight is 296 g/mol. The van der Waals surface area contributed by atoms with Gasteiger partial charge in [0.05, 0.1) is 11.7 Å². The summed E-state index contributed by atoms with van der Waals surface area (Å²) in [5.41, 5.74) is 2.54. The summed E-state index contributed by atoms with van der Waals surface area (Å²) in [6, 6.07) is 13.1. The first-order chi connectivity index (χ1) is 10.4. The van der Waals surface area contributed by atoms with Crippen LogP contribution in [0.1, 0.15) is 30.6 Å². The molecule has 2 heterocycles. The van der Waals surface area contributed by atoms with Gasteiger partial charge in [0.1, 0.15) is 0 Å². The van der Waals surface area contributed by atoms with Crippen molar-refractivity contribution in [2.75, 3.05) is 6.54 Å². The maximum absolute atomic E-state index is 4.68. The molecule has 0 saturated heterocycles. The van der Waals surface area contributed by atoms with Gasteiger partial charge < -0.3 is 5.32 Å². The molecule has 3 rings (SSSR count). The zero-order valence-corrected chi connectivity index (χ0v) is 13.1. The molecule has 1 unspecified atom stereocenters. The van der Waals surface area contributed by atoms with E-state index in [-0.39, 0.29) is 6.04 Å². The summed E-state index contributed by atoms with van der Waals surface area (Å²) in [6.45, 7) is 3.21. The fourth-order valence-corrected chi connectivity index (χ4v) is 3.33. The summed E-state index contributed by atoms with van der Waals surface area (Å²) < 4.78 is 0. The van der Waals surface area contributed by atoms with Crippen LogP contribution in [0.15, 0.2) is 53.4 Å². The third kappa shape index (κ3) is 3.31. The predicted octanol–water partition coefficient (Wildman–Crippen LogP) is 4.58. The summed E-state index contributed by atoms with van der Waals surface area (Å²) in [6.07, 6.45) is 4.04. The normalized spacial score (nSPS) is 12.6. The summed E-state index contributed by atoms with van der Waals surface area (Å²) in [7, 11) is 0. The Bertz CT molecular complexity index is 686. The molecule has 3 heteroatoms. The lowest BCUT2D eigenvalue weighted by molar-refractivity contribution is 0.522. The van der Waals surface area contributed by atoms with Gasteiger partial charge in [0.2, 0.25) is 0 Å². The van der Waals surface area contributed by atoms with Gasteiger partial charge in [-0.25, -0.2) is 0 Å². The number of nitrogens with one attached hydrogen (secondary N) is 1. The van der Waals surface area contributed by atoms with Crippen LogP contribution in [0.2, 0.25) is 0 Å². The molecule has 0 spiro atoms. The molecule has 0 saturated carbocycles. The fourth-order valence-electron chi connectivity index (χ4n) is 2.65. The standard InChI is InChI=1S/C18H20N2S/c1-2-9-19-17(12-14-8-11-21-13-14)18-16-6-4-3-5-15(16)7-10-20-18/h3-8,10-11,13,17,19H,2,9,12H2,1H3. The van der Waals surface area contributed by atoms with Gasteiger partial charge in [0.15, 0.2) is 0 Å². The third-order valence-electron chi connectivity index (χ3n) is 3.70. The molecule has 0 aliphatic heterocycles. The highest BCUT2D eigenvalue weighted by molar-refractivity contribution is 7.07. The first kappa shape index (κ1) is 14.2. The molecule has 0 aliphatic carbocycles. The van der Waals surface area contributed by atoms with E-state index in [1.807, 2.05) is 6.20 Å². The van der Waals surface area contributed by atoms with E-state index in [1.165, 1.54) is 16.3 Å². The number of benzene rings is 1. The number of fused-ring (bicyclic) bond motifs is 1. The van der Waals surface area contributed by atoms with Crippen LogP contribution in [-0.2, 0) is 6.42 Å². The fraction of sp³-hybridized carbons (Fsp3) is 0.278. The van der Waals surface area contributed by atoms with E-state index in [9.17, 15) is 0 Å². The Labute approximate surface area is 129 Å². The second kappa shape index (κ2) is 6.83. The van der Waals surface area contributed by atoms with Crippen LogP contribution < -0.4 is 5.32 Å². The molecule has 2 aromatic heterocycles. The summed E-state index contributed by atoms with van der Waals surface area (Å²) >= 11 is 1.76. The molecule has 108 valence electrons. The highest BCUT2D eigenvalue weighted by Crippen LogP contribution is 2.25. The van der Waals surface area contributed by atoms with Crippen molar-refractivity contribution in [2.45, 2.75) is 25.8 Å². The molecule has 1 N–H and O–H groups in total. The van der Waals surface area contributed by atoms with E-state index in [0.717, 1.165) is 25.1 Å². The van der Waals surface area contributed by atoms with E-state index in [1.54, 1.807) is 11.3 Å². The Balaban J connectivity index is 1.97. The predicted molar refractivity (Wildman–Crippen MR) is 90.8 cm³/mol. The molecule has 0 radical (unpaired) electrons. The topological polar surface area (TPSA) is 24.9 Å². The number of hydrogen-bond acceptors (Lipinski definition) is 3. The summed E-state index contributed by atoms with van der Waals surface area (Å²) in [5, 5.41) is 10.5. The number of pyridine rings is 1. The van der Waals surface area contributed by atoms with Crippen LogP contribution in [0.25, 0.3) is 10.8 Å². The zero-order valence-electron chi connectivity index (χ0n) is 12.3. The highest BCUT2D eigenvalue weighted by atomic mass is 32.1. The van der Waals surface area contributed by atoms with Gasteiger partial charge >= 0.3 is 0 Å². The van der Waals surface area contributed by atoms with Crippen molar-refractivity contribution in [3.8, 4) is 0 Å². The molecule has 0 bridgehead atoms. The lowest BCUT2D eigenvalue weighted by atomic mass is 10.00. The van der Waals surface area contributed by atoms with Crippen molar-refractivity contribution in [3.05, 3.63) is 64.6 Å². The molecule has 2 nitrogen and oxygen atoms in total. The number of rotatable bonds is 6. The first-order valence-corrected chi connectivity index (χ1v) is 8.41. The number of thiophene rings is 1. The van der Waals surface area contributed by atoms with Crippen molar-refractivity contribution in [2.24, 2.45) is 0 Å². The van der Waals surface area contributed by atoms with Crippen LogP contribution in [0, 0.1) is 0 Å². The van der Waals surface area contributed by atoms with Gasteiger partial charge in [-0.15, -0.1) is 0 Å². The molecule has 1 atom stereocenters. The quantitative estimate of drug-likeness (QED) is 0.720. The van der Waals surface area contributed by atoms with Crippen molar-refractivity contribution in [3.63, 3.8) is 0 Å². The van der Waals surface area contributed by atoms with E-state index in [4.69, 9.17) is 0 Å². The number of nitrogens with zero attached hydrogens (tertiary/aromatic N) is 1. The molecular weight excluding hydrogens is 276 g/mol. The second-order valence-corrected chi connectivity index (χ2v) is 6.04. The zero-order chi connectivity index (χ0) is 14.5. The SMILES string of the molecule is CCCNC(Cc1ccsc1)c1nccc2ccccc12. The van der Waals surface area contributed by atoms with E-state index in [2.05, 4.69) is 64.4 Å². The van der Waals surface area contributed by atoms with Crippen molar-refractivity contribution in [1.82, 2.24) is 10.3 Å².